The molecule has 3 N–H and O–H groups in total. The standard InChI is InChI=1S/C17H20F3N7O2/c1-25-9-12(14(24-25)17(18,19)20)22-16(29)11-7-21-27-6-4-13(23-15(11)27)26-5-2-3-10(28)8-26/h4,6,9-10,21,28H,2-3,5,7-8H2,1H3,(H,22,29)/t10-/m0/s1. The van der Waals surface area contributed by atoms with E-state index < -0.39 is 29.6 Å². The fraction of sp³-hybridized carbons (Fsp3) is 0.471. The lowest BCUT2D eigenvalue weighted by molar-refractivity contribution is -0.140. The van der Waals surface area contributed by atoms with Crippen molar-refractivity contribution in [1.29, 1.82) is 0 Å². The number of β-amino-alcohol motifs (C(OH)–C–C–N with tert-alkyl or cyclic N) is 1. The first-order valence-electron chi connectivity index (χ1n) is 9.10. The summed E-state index contributed by atoms with van der Waals surface area (Å²) in [5.74, 6) is 0.226. The zero-order valence-electron chi connectivity index (χ0n) is 15.6. The van der Waals surface area contributed by atoms with Crippen LogP contribution in [0.5, 0.6) is 0 Å². The average Bonchev–Trinajstić information content (AvgIpc) is 3.24. The van der Waals surface area contributed by atoms with Gasteiger partial charge in [0.15, 0.2) is 11.5 Å². The van der Waals surface area contributed by atoms with Crippen molar-refractivity contribution >= 4 is 17.4 Å². The number of nitrogens with one attached hydrogen (secondary N) is 2. The second kappa shape index (κ2) is 7.19. The molecule has 0 aromatic carbocycles. The van der Waals surface area contributed by atoms with Gasteiger partial charge in [-0.1, -0.05) is 0 Å². The molecule has 4 rings (SSSR count). The van der Waals surface area contributed by atoms with Crippen molar-refractivity contribution in [2.75, 3.05) is 25.0 Å². The highest BCUT2D eigenvalue weighted by atomic mass is 19.4. The summed E-state index contributed by atoms with van der Waals surface area (Å²) in [7, 11) is 1.35. The molecule has 9 nitrogen and oxygen atoms in total. The first-order valence-corrected chi connectivity index (χ1v) is 9.10. The molecule has 0 saturated carbocycles. The van der Waals surface area contributed by atoms with Gasteiger partial charge in [0.25, 0.3) is 5.91 Å². The largest absolute Gasteiger partial charge is 0.437 e. The van der Waals surface area contributed by atoms with Crippen molar-refractivity contribution < 1.29 is 23.1 Å². The van der Waals surface area contributed by atoms with Gasteiger partial charge in [0.05, 0.1) is 17.4 Å². The number of carbonyl (C=O) groups excluding carboxylic acids is 1. The molecule has 4 heterocycles. The molecule has 0 radical (unpaired) electrons. The molecule has 1 fully saturated rings. The van der Waals surface area contributed by atoms with Gasteiger partial charge in [-0.25, -0.2) is 10.4 Å². The van der Waals surface area contributed by atoms with Crippen LogP contribution < -0.4 is 10.7 Å². The van der Waals surface area contributed by atoms with E-state index in [4.69, 9.17) is 0 Å². The fourth-order valence-electron chi connectivity index (χ4n) is 3.50. The number of aliphatic hydroxyl groups excluding tert-OH is 1. The van der Waals surface area contributed by atoms with Crippen LogP contribution in [-0.2, 0) is 18.0 Å². The maximum atomic E-state index is 13.1. The number of carbonyl (C=O) groups is 1. The smallest absolute Gasteiger partial charge is 0.391 e. The molecule has 0 unspecified atom stereocenters. The Morgan fingerprint density at radius 1 is 1.41 bits per heavy atom. The number of nitrogens with zero attached hydrogens (tertiary/aromatic N) is 5. The monoisotopic (exact) mass is 411 g/mol. The number of piperidine rings is 1. The number of aromatic nitrogens is 2. The van der Waals surface area contributed by atoms with Crippen molar-refractivity contribution in [1.82, 2.24) is 25.1 Å². The molecule has 1 aromatic heterocycles. The van der Waals surface area contributed by atoms with E-state index in [-0.39, 0.29) is 12.1 Å². The molecule has 1 saturated heterocycles. The number of halogens is 3. The van der Waals surface area contributed by atoms with E-state index >= 15 is 0 Å². The molecule has 1 atom stereocenters. The number of aliphatic imine (C=N–C) groups is 1. The molecule has 156 valence electrons. The minimum Gasteiger partial charge on any atom is -0.391 e. The molecule has 1 amide bonds. The molecular weight excluding hydrogens is 391 g/mol. The van der Waals surface area contributed by atoms with Gasteiger partial charge in [0.1, 0.15) is 5.84 Å². The highest BCUT2D eigenvalue weighted by Crippen LogP contribution is 2.34. The number of hydrogen-bond donors (Lipinski definition) is 3. The van der Waals surface area contributed by atoms with Crippen molar-refractivity contribution in [3.05, 3.63) is 35.6 Å². The lowest BCUT2D eigenvalue weighted by Crippen LogP contribution is -2.43. The second-order valence-corrected chi connectivity index (χ2v) is 7.05. The zero-order chi connectivity index (χ0) is 20.8. The number of hydrazine groups is 1. The van der Waals surface area contributed by atoms with Gasteiger partial charge in [-0.05, 0) is 18.9 Å². The normalized spacial score (nSPS) is 22.1. The number of aliphatic hydroxyl groups is 1. The highest BCUT2D eigenvalue weighted by Gasteiger charge is 2.38. The van der Waals surface area contributed by atoms with Gasteiger partial charge in [0.2, 0.25) is 0 Å². The number of hydrogen-bond acceptors (Lipinski definition) is 7. The third-order valence-electron chi connectivity index (χ3n) is 4.86. The predicted octanol–water partition coefficient (Wildman–Crippen LogP) is 0.792. The van der Waals surface area contributed by atoms with E-state index in [1.54, 1.807) is 17.3 Å². The molecule has 3 aliphatic rings. The molecule has 29 heavy (non-hydrogen) atoms. The van der Waals surface area contributed by atoms with Crippen molar-refractivity contribution in [2.45, 2.75) is 25.1 Å². The zero-order valence-corrected chi connectivity index (χ0v) is 15.6. The predicted molar refractivity (Wildman–Crippen MR) is 97.1 cm³/mol. The van der Waals surface area contributed by atoms with Gasteiger partial charge in [-0.2, -0.15) is 18.3 Å². The highest BCUT2D eigenvalue weighted by molar-refractivity contribution is 6.06. The van der Waals surface area contributed by atoms with Crippen molar-refractivity contribution in [2.24, 2.45) is 12.0 Å². The Labute approximate surface area is 164 Å². The Bertz CT molecular complexity index is 919. The van der Waals surface area contributed by atoms with Crippen molar-refractivity contribution in [3.63, 3.8) is 0 Å². The van der Waals surface area contributed by atoms with Crippen LogP contribution >= 0.6 is 0 Å². The van der Waals surface area contributed by atoms with Crippen LogP contribution in [0.15, 0.2) is 34.9 Å². The topological polar surface area (TPSA) is 98.0 Å². The van der Waals surface area contributed by atoms with Crippen LogP contribution in [-0.4, -0.2) is 62.3 Å². The Kier molecular flexibility index (Phi) is 4.82. The summed E-state index contributed by atoms with van der Waals surface area (Å²) in [5.41, 5.74) is 1.59. The van der Waals surface area contributed by atoms with E-state index in [0.717, 1.165) is 30.3 Å². The fourth-order valence-corrected chi connectivity index (χ4v) is 3.50. The maximum absolute atomic E-state index is 13.1. The summed E-state index contributed by atoms with van der Waals surface area (Å²) in [6.45, 7) is 1.29. The molecule has 0 aliphatic carbocycles. The third-order valence-corrected chi connectivity index (χ3v) is 4.86. The number of fused-ring (bicyclic) bond motifs is 1. The summed E-state index contributed by atoms with van der Waals surface area (Å²) in [6.07, 6.45) is 0.991. The number of alkyl halides is 3. The number of amides is 1. The second-order valence-electron chi connectivity index (χ2n) is 7.05. The molecule has 1 aromatic rings. The first-order chi connectivity index (χ1) is 13.7. The molecular formula is C17H20F3N7O2. The van der Waals surface area contributed by atoms with Crippen LogP contribution in [0, 0.1) is 0 Å². The van der Waals surface area contributed by atoms with Crippen LogP contribution in [0.3, 0.4) is 0 Å². The van der Waals surface area contributed by atoms with Gasteiger partial charge >= 0.3 is 6.18 Å². The summed E-state index contributed by atoms with van der Waals surface area (Å²) in [5, 5.41) is 17.1. The van der Waals surface area contributed by atoms with Gasteiger partial charge in [-0.15, -0.1) is 0 Å². The van der Waals surface area contributed by atoms with E-state index in [2.05, 4.69) is 20.8 Å². The SMILES string of the molecule is Cn1cc(NC(=O)C2=C3N=C(N4CCC[C@H](O)C4)C=CN3NC2)c(C(F)(F)F)n1. The van der Waals surface area contributed by atoms with Gasteiger partial charge in [0, 0.05) is 39.1 Å². The Balaban J connectivity index is 1.59. The molecule has 0 bridgehead atoms. The maximum Gasteiger partial charge on any atom is 0.437 e. The summed E-state index contributed by atoms with van der Waals surface area (Å²) < 4.78 is 40.4. The number of likely N-dealkylation sites (tertiary alicyclic amines) is 1. The number of amidine groups is 1. The minimum atomic E-state index is -4.68. The van der Waals surface area contributed by atoms with Crippen LogP contribution in [0.25, 0.3) is 0 Å². The van der Waals surface area contributed by atoms with Crippen LogP contribution in [0.2, 0.25) is 0 Å². The number of rotatable bonds is 2. The van der Waals surface area contributed by atoms with Gasteiger partial charge in [-0.3, -0.25) is 14.5 Å². The quantitative estimate of drug-likeness (QED) is 0.666. The Morgan fingerprint density at radius 2 is 2.21 bits per heavy atom. The summed E-state index contributed by atoms with van der Waals surface area (Å²) >= 11 is 0. The lowest BCUT2D eigenvalue weighted by atomic mass is 10.1. The molecule has 3 aliphatic heterocycles. The van der Waals surface area contributed by atoms with Crippen LogP contribution in [0.4, 0.5) is 18.9 Å². The first kappa shape index (κ1) is 19.5. The number of anilines is 1. The summed E-state index contributed by atoms with van der Waals surface area (Å²) in [4.78, 5) is 19.1. The van der Waals surface area contributed by atoms with E-state index in [1.165, 1.54) is 7.05 Å². The third kappa shape index (κ3) is 3.85. The summed E-state index contributed by atoms with van der Waals surface area (Å²) in [6, 6.07) is 0. The Hall–Kier alpha value is -2.86. The molecule has 12 heteroatoms. The Morgan fingerprint density at radius 3 is 2.93 bits per heavy atom. The number of aryl methyl sites for hydroxylation is 1. The van der Waals surface area contributed by atoms with Crippen LogP contribution in [0.1, 0.15) is 18.5 Å². The van der Waals surface area contributed by atoms with E-state index in [0.29, 0.717) is 18.2 Å². The lowest BCUT2D eigenvalue weighted by Gasteiger charge is -2.33. The molecule has 0 spiro atoms. The van der Waals surface area contributed by atoms with Crippen molar-refractivity contribution in [3.8, 4) is 0 Å². The minimum absolute atomic E-state index is 0.118. The van der Waals surface area contributed by atoms with Gasteiger partial charge < -0.3 is 15.3 Å². The van der Waals surface area contributed by atoms with E-state index in [1.807, 2.05) is 4.90 Å². The average molecular weight is 411 g/mol. The van der Waals surface area contributed by atoms with E-state index in [9.17, 15) is 23.1 Å².